The molecule has 178 valence electrons. The van der Waals surface area contributed by atoms with Crippen molar-refractivity contribution in [2.45, 2.75) is 6.10 Å². The molecule has 9 heteroatoms. The highest BCUT2D eigenvalue weighted by atomic mass is 32.2. The number of nitrogens with zero attached hydrogens (tertiary/aromatic N) is 1. The van der Waals surface area contributed by atoms with Crippen LogP contribution < -0.4 is 19.1 Å². The van der Waals surface area contributed by atoms with Crippen LogP contribution in [0.3, 0.4) is 0 Å². The van der Waals surface area contributed by atoms with Crippen molar-refractivity contribution < 1.29 is 23.0 Å². The lowest BCUT2D eigenvalue weighted by Gasteiger charge is -2.30. The Bertz CT molecular complexity index is 1430. The predicted octanol–water partition coefficient (Wildman–Crippen LogP) is 3.91. The zero-order valence-corrected chi connectivity index (χ0v) is 20.4. The number of aliphatic hydroxyl groups is 1. The van der Waals surface area contributed by atoms with Crippen molar-refractivity contribution in [3.63, 3.8) is 0 Å². The van der Waals surface area contributed by atoms with Gasteiger partial charge in [-0.2, -0.15) is 0 Å². The molecule has 2 heterocycles. The zero-order valence-electron chi connectivity index (χ0n) is 18.7. The molecule has 0 saturated heterocycles. The van der Waals surface area contributed by atoms with Crippen molar-refractivity contribution in [1.29, 1.82) is 0 Å². The van der Waals surface area contributed by atoms with E-state index in [0.29, 0.717) is 43.3 Å². The van der Waals surface area contributed by atoms with Gasteiger partial charge in [-0.15, -0.1) is 11.3 Å². The van der Waals surface area contributed by atoms with Gasteiger partial charge in [0.15, 0.2) is 0 Å². The van der Waals surface area contributed by atoms with Crippen LogP contribution in [-0.2, 0) is 10.0 Å². The second kappa shape index (κ2) is 9.42. The molecule has 0 fully saturated rings. The third kappa shape index (κ3) is 4.69. The second-order valence-electron chi connectivity index (χ2n) is 8.24. The molecule has 5 rings (SSSR count). The second-order valence-corrected chi connectivity index (χ2v) is 11.2. The first-order chi connectivity index (χ1) is 16.4. The van der Waals surface area contributed by atoms with Crippen LogP contribution >= 0.6 is 11.3 Å². The molecule has 1 aromatic heterocycles. The van der Waals surface area contributed by atoms with Gasteiger partial charge in [0.05, 0.1) is 24.6 Å². The standard InChI is InChI=1S/C25H26N2O5S2/c1-34(29,30)27-11-13-32-23-9-6-17(14-21(23)27)22(28)16-26-10-12-31-18-7-8-20-19-4-2-3-5-24(19)33-25(20)15-18/h2-9,14-15,22,26,28H,10-13,16H2,1H3. The van der Waals surface area contributed by atoms with Crippen LogP contribution in [0.2, 0.25) is 0 Å². The van der Waals surface area contributed by atoms with Gasteiger partial charge in [0.1, 0.15) is 24.7 Å². The molecule has 3 aromatic carbocycles. The number of nitrogens with one attached hydrogen (secondary N) is 1. The Morgan fingerprint density at radius 2 is 1.94 bits per heavy atom. The fraction of sp³-hybridized carbons (Fsp3) is 0.280. The van der Waals surface area contributed by atoms with Gasteiger partial charge in [-0.05, 0) is 42.0 Å². The van der Waals surface area contributed by atoms with Crippen molar-refractivity contribution in [2.75, 3.05) is 43.4 Å². The van der Waals surface area contributed by atoms with Crippen molar-refractivity contribution in [1.82, 2.24) is 5.32 Å². The van der Waals surface area contributed by atoms with Crippen LogP contribution in [0.15, 0.2) is 60.7 Å². The fourth-order valence-corrected chi connectivity index (χ4v) is 6.20. The first-order valence-corrected chi connectivity index (χ1v) is 13.7. The molecule has 2 N–H and O–H groups in total. The van der Waals surface area contributed by atoms with Crippen molar-refractivity contribution in [2.24, 2.45) is 0 Å². The summed E-state index contributed by atoms with van der Waals surface area (Å²) in [6.07, 6.45) is 0.384. The number of fused-ring (bicyclic) bond motifs is 4. The number of sulfonamides is 1. The molecule has 0 spiro atoms. The third-order valence-corrected chi connectivity index (χ3v) is 8.14. The van der Waals surface area contributed by atoms with Gasteiger partial charge in [-0.25, -0.2) is 8.42 Å². The summed E-state index contributed by atoms with van der Waals surface area (Å²) < 4.78 is 39.4. The highest BCUT2D eigenvalue weighted by Crippen LogP contribution is 2.36. The van der Waals surface area contributed by atoms with E-state index in [-0.39, 0.29) is 6.54 Å². The van der Waals surface area contributed by atoms with E-state index < -0.39 is 16.1 Å². The maximum Gasteiger partial charge on any atom is 0.232 e. The van der Waals surface area contributed by atoms with E-state index in [1.54, 1.807) is 29.5 Å². The fourth-order valence-electron chi connectivity index (χ4n) is 4.16. The molecule has 1 aliphatic heterocycles. The van der Waals surface area contributed by atoms with E-state index in [0.717, 1.165) is 5.75 Å². The van der Waals surface area contributed by atoms with Crippen LogP contribution in [-0.4, -0.2) is 52.6 Å². The molecule has 4 aromatic rings. The lowest BCUT2D eigenvalue weighted by atomic mass is 10.1. The van der Waals surface area contributed by atoms with Crippen LogP contribution in [0, 0.1) is 0 Å². The lowest BCUT2D eigenvalue weighted by Crippen LogP contribution is -2.37. The molecule has 1 aliphatic rings. The molecule has 0 saturated carbocycles. The Balaban J connectivity index is 1.16. The normalized spacial score (nSPS) is 14.7. The summed E-state index contributed by atoms with van der Waals surface area (Å²) in [7, 11) is -3.41. The van der Waals surface area contributed by atoms with Crippen LogP contribution in [0.5, 0.6) is 11.5 Å². The highest BCUT2D eigenvalue weighted by molar-refractivity contribution is 7.92. The van der Waals surface area contributed by atoms with Gasteiger partial charge in [0, 0.05) is 33.3 Å². The van der Waals surface area contributed by atoms with Gasteiger partial charge in [0.25, 0.3) is 0 Å². The number of hydrogen-bond donors (Lipinski definition) is 2. The lowest BCUT2D eigenvalue weighted by molar-refractivity contribution is 0.172. The summed E-state index contributed by atoms with van der Waals surface area (Å²) in [5.74, 6) is 1.32. The molecular weight excluding hydrogens is 472 g/mol. The number of aliphatic hydroxyl groups excluding tert-OH is 1. The van der Waals surface area contributed by atoms with Gasteiger partial charge in [0.2, 0.25) is 10.0 Å². The summed E-state index contributed by atoms with van der Waals surface area (Å²) in [5.41, 5.74) is 1.09. The minimum Gasteiger partial charge on any atom is -0.492 e. The third-order valence-electron chi connectivity index (χ3n) is 5.82. The molecule has 0 aliphatic carbocycles. The number of benzene rings is 3. The summed E-state index contributed by atoms with van der Waals surface area (Å²) >= 11 is 1.75. The minimum atomic E-state index is -3.41. The average molecular weight is 499 g/mol. The molecule has 0 amide bonds. The molecule has 34 heavy (non-hydrogen) atoms. The molecule has 0 bridgehead atoms. The zero-order chi connectivity index (χ0) is 23.7. The van der Waals surface area contributed by atoms with Crippen LogP contribution in [0.25, 0.3) is 20.2 Å². The van der Waals surface area contributed by atoms with Gasteiger partial charge in [-0.3, -0.25) is 4.31 Å². The maximum atomic E-state index is 12.1. The quantitative estimate of drug-likeness (QED) is 0.358. The Labute approximate surface area is 202 Å². The summed E-state index contributed by atoms with van der Waals surface area (Å²) in [6, 6.07) is 19.7. The van der Waals surface area contributed by atoms with Gasteiger partial charge < -0.3 is 19.9 Å². The van der Waals surface area contributed by atoms with Gasteiger partial charge >= 0.3 is 0 Å². The number of rotatable bonds is 8. The maximum absolute atomic E-state index is 12.1. The number of anilines is 1. The Morgan fingerprint density at radius 3 is 2.79 bits per heavy atom. The Morgan fingerprint density at radius 1 is 1.12 bits per heavy atom. The van der Waals surface area contributed by atoms with E-state index in [2.05, 4.69) is 41.7 Å². The van der Waals surface area contributed by atoms with E-state index in [1.807, 2.05) is 6.07 Å². The Hall–Kier alpha value is -2.85. The van der Waals surface area contributed by atoms with Crippen LogP contribution in [0.1, 0.15) is 11.7 Å². The smallest absolute Gasteiger partial charge is 0.232 e. The first-order valence-electron chi connectivity index (χ1n) is 11.1. The van der Waals surface area contributed by atoms with E-state index in [9.17, 15) is 13.5 Å². The average Bonchev–Trinajstić information content (AvgIpc) is 3.20. The number of hydrogen-bond acceptors (Lipinski definition) is 7. The molecule has 1 unspecified atom stereocenters. The van der Waals surface area contributed by atoms with E-state index in [4.69, 9.17) is 9.47 Å². The monoisotopic (exact) mass is 498 g/mol. The number of ether oxygens (including phenoxy) is 2. The largest absolute Gasteiger partial charge is 0.492 e. The van der Waals surface area contributed by atoms with Gasteiger partial charge in [-0.1, -0.05) is 24.3 Å². The molecular formula is C25H26N2O5S2. The summed E-state index contributed by atoms with van der Waals surface area (Å²) in [4.78, 5) is 0. The Kier molecular flexibility index (Phi) is 6.35. The van der Waals surface area contributed by atoms with Crippen molar-refractivity contribution in [3.8, 4) is 11.5 Å². The topological polar surface area (TPSA) is 88.1 Å². The summed E-state index contributed by atoms with van der Waals surface area (Å²) in [5, 5.41) is 16.3. The highest BCUT2D eigenvalue weighted by Gasteiger charge is 2.26. The SMILES string of the molecule is CS(=O)(=O)N1CCOc2ccc(C(O)CNCCOc3ccc4c(c3)sc3ccccc34)cc21. The molecule has 1 atom stereocenters. The first kappa shape index (κ1) is 22.9. The van der Waals surface area contributed by atoms with Crippen LogP contribution in [0.4, 0.5) is 5.69 Å². The summed E-state index contributed by atoms with van der Waals surface area (Å²) in [6.45, 7) is 1.90. The van der Waals surface area contributed by atoms with Crippen molar-refractivity contribution in [3.05, 3.63) is 66.2 Å². The predicted molar refractivity (Wildman–Crippen MR) is 137 cm³/mol. The van der Waals surface area contributed by atoms with E-state index >= 15 is 0 Å². The number of thiophene rings is 1. The molecule has 0 radical (unpaired) electrons. The van der Waals surface area contributed by atoms with E-state index in [1.165, 1.54) is 30.7 Å². The molecule has 7 nitrogen and oxygen atoms in total. The minimum absolute atomic E-state index is 0.258. The van der Waals surface area contributed by atoms with Crippen molar-refractivity contribution >= 4 is 47.2 Å².